The highest BCUT2D eigenvalue weighted by Gasteiger charge is 2.39. The highest BCUT2D eigenvalue weighted by molar-refractivity contribution is 5.93. The molecule has 3 rings (SSSR count). The Labute approximate surface area is 224 Å². The minimum atomic E-state index is -1.17. The Balaban J connectivity index is 0.00000481. The molecule has 0 spiro atoms. The fraction of sp³-hybridized carbons (Fsp3) is 0.792. The van der Waals surface area contributed by atoms with Gasteiger partial charge in [-0.1, -0.05) is 19.3 Å². The van der Waals surface area contributed by atoms with Crippen molar-refractivity contribution in [3.63, 3.8) is 0 Å². The van der Waals surface area contributed by atoms with Crippen LogP contribution in [0.1, 0.15) is 64.2 Å². The van der Waals surface area contributed by atoms with Crippen molar-refractivity contribution in [2.75, 3.05) is 33.2 Å². The summed E-state index contributed by atoms with van der Waals surface area (Å²) in [4.78, 5) is 55.2. The third-order valence-electron chi connectivity index (χ3n) is 7.51. The molecule has 2 saturated carbocycles. The van der Waals surface area contributed by atoms with Crippen LogP contribution in [-0.4, -0.2) is 101 Å². The van der Waals surface area contributed by atoms with Crippen molar-refractivity contribution in [3.8, 4) is 0 Å². The van der Waals surface area contributed by atoms with Crippen molar-refractivity contribution in [1.82, 2.24) is 25.3 Å². The molecule has 37 heavy (non-hydrogen) atoms. The molecule has 3 aliphatic rings. The molecule has 1 heterocycles. The largest absolute Gasteiger partial charge is 0.480 e. The number of likely N-dealkylation sites (N-methyl/N-ethyl adjacent to an activating group) is 1. The number of hydrogen-bond acceptors (Lipinski definition) is 5. The lowest BCUT2D eigenvalue weighted by Crippen LogP contribution is -2.56. The first-order valence-electron chi connectivity index (χ1n) is 13.1. The van der Waals surface area contributed by atoms with E-state index in [1.165, 1.54) is 11.3 Å². The number of piperidine rings is 1. The molecule has 1 saturated heterocycles. The van der Waals surface area contributed by atoms with Crippen molar-refractivity contribution in [1.29, 1.82) is 5.41 Å². The summed E-state index contributed by atoms with van der Waals surface area (Å²) in [5.41, 5.74) is 5.62. The number of nitrogens with two attached hydrogens (primary N) is 1. The maximum atomic E-state index is 13.4. The van der Waals surface area contributed by atoms with Crippen molar-refractivity contribution in [3.05, 3.63) is 0 Å². The van der Waals surface area contributed by atoms with Gasteiger partial charge in [0.25, 0.3) is 0 Å². The number of hydrogen-bond donors (Lipinski definition) is 5. The van der Waals surface area contributed by atoms with Crippen molar-refractivity contribution in [2.24, 2.45) is 11.7 Å². The third-order valence-corrected chi connectivity index (χ3v) is 7.51. The van der Waals surface area contributed by atoms with Gasteiger partial charge in [0, 0.05) is 38.8 Å². The summed E-state index contributed by atoms with van der Waals surface area (Å²) in [6.45, 7) is 1.12. The number of amides is 4. The predicted molar refractivity (Wildman–Crippen MR) is 140 cm³/mol. The number of likely N-dealkylation sites (tertiary alicyclic amines) is 1. The number of halogens is 1. The Hall–Kier alpha value is -2.76. The van der Waals surface area contributed by atoms with Gasteiger partial charge in [-0.05, 0) is 44.4 Å². The molecule has 1 aliphatic heterocycles. The van der Waals surface area contributed by atoms with E-state index in [1.54, 1.807) is 16.8 Å². The topological polar surface area (TPSA) is 172 Å². The number of carbonyl (C=O) groups is 4. The first kappa shape index (κ1) is 30.5. The molecule has 2 atom stereocenters. The summed E-state index contributed by atoms with van der Waals surface area (Å²) in [6.07, 6.45) is 8.26. The first-order valence-corrected chi connectivity index (χ1v) is 13.1. The van der Waals surface area contributed by atoms with Crippen LogP contribution < -0.4 is 16.4 Å². The molecule has 0 aromatic carbocycles. The van der Waals surface area contributed by atoms with E-state index in [9.17, 15) is 24.3 Å². The number of carboxylic acids is 1. The predicted octanol–water partition coefficient (Wildman–Crippen LogP) is 0.938. The van der Waals surface area contributed by atoms with E-state index in [2.05, 4.69) is 10.6 Å². The van der Waals surface area contributed by atoms with Crippen LogP contribution in [0.2, 0.25) is 0 Å². The molecule has 0 aromatic heterocycles. The van der Waals surface area contributed by atoms with Crippen LogP contribution in [0.5, 0.6) is 0 Å². The second-order valence-electron chi connectivity index (χ2n) is 10.3. The average molecular weight is 544 g/mol. The third kappa shape index (κ3) is 9.24. The quantitative estimate of drug-likeness (QED) is 0.201. The van der Waals surface area contributed by atoms with E-state index in [0.29, 0.717) is 38.4 Å². The molecule has 3 fully saturated rings. The van der Waals surface area contributed by atoms with Crippen LogP contribution in [0, 0.1) is 11.3 Å². The van der Waals surface area contributed by atoms with Crippen LogP contribution in [0.4, 0.5) is 4.79 Å². The van der Waals surface area contributed by atoms with E-state index in [4.69, 9.17) is 11.1 Å². The van der Waals surface area contributed by atoms with E-state index >= 15 is 0 Å². The molecular weight excluding hydrogens is 502 g/mol. The first-order chi connectivity index (χ1) is 17.2. The lowest BCUT2D eigenvalue weighted by molar-refractivity contribution is -0.146. The maximum absolute atomic E-state index is 13.4. The zero-order valence-electron chi connectivity index (χ0n) is 21.6. The van der Waals surface area contributed by atoms with Gasteiger partial charge in [0.15, 0.2) is 5.96 Å². The summed E-state index contributed by atoms with van der Waals surface area (Å²) in [6, 6.07) is -2.05. The Morgan fingerprint density at radius 1 is 1.05 bits per heavy atom. The number of aliphatic carboxylic acids is 1. The molecule has 6 N–H and O–H groups in total. The molecule has 2 aliphatic carbocycles. The molecule has 0 unspecified atom stereocenters. The van der Waals surface area contributed by atoms with Gasteiger partial charge in [0.05, 0.1) is 6.42 Å². The molecule has 12 nitrogen and oxygen atoms in total. The number of carbonyl (C=O) groups excluding carboxylic acids is 3. The Morgan fingerprint density at radius 2 is 1.73 bits per heavy atom. The smallest absolute Gasteiger partial charge is 0.323 e. The number of guanidine groups is 1. The van der Waals surface area contributed by atoms with Gasteiger partial charge < -0.3 is 36.2 Å². The number of nitrogens with one attached hydrogen (secondary N) is 3. The minimum Gasteiger partial charge on any atom is -0.480 e. The SMILES string of the molecule is CN(C(=O)C[C@H](NC(=O)NCC1CCCCC1)C(=O)N(CC(=O)O)C1CC1)[C@H]1CCCN(C(=N)N)C1.Cl. The standard InChI is InChI=1S/C24H41N7O5.ClH/c1-29(18-8-5-11-30(14-18)23(25)26)20(32)12-19(22(35)31(15-21(33)34)17-9-10-17)28-24(36)27-13-16-6-3-2-4-7-16;/h16-19H,2-15H2,1H3,(H3,25,26)(H,33,34)(H2,27,28,36);1H/t18-,19-;/m0./s1. The highest BCUT2D eigenvalue weighted by Crippen LogP contribution is 2.28. The van der Waals surface area contributed by atoms with E-state index in [-0.39, 0.29) is 42.8 Å². The van der Waals surface area contributed by atoms with Gasteiger partial charge in [-0.3, -0.25) is 19.8 Å². The average Bonchev–Trinajstić information content (AvgIpc) is 3.70. The lowest BCUT2D eigenvalue weighted by Gasteiger charge is -2.38. The Bertz CT molecular complexity index is 834. The van der Waals surface area contributed by atoms with Crippen LogP contribution >= 0.6 is 12.4 Å². The number of rotatable bonds is 10. The fourth-order valence-corrected chi connectivity index (χ4v) is 5.17. The van der Waals surface area contributed by atoms with E-state index in [0.717, 1.165) is 38.5 Å². The lowest BCUT2D eigenvalue weighted by atomic mass is 9.89. The summed E-state index contributed by atoms with van der Waals surface area (Å²) in [7, 11) is 1.65. The van der Waals surface area contributed by atoms with Gasteiger partial charge in [0.1, 0.15) is 12.6 Å². The van der Waals surface area contributed by atoms with Crippen LogP contribution in [0.15, 0.2) is 0 Å². The summed E-state index contributed by atoms with van der Waals surface area (Å²) >= 11 is 0. The van der Waals surface area contributed by atoms with Gasteiger partial charge in [-0.2, -0.15) is 0 Å². The van der Waals surface area contributed by atoms with Gasteiger partial charge in [-0.25, -0.2) is 4.79 Å². The van der Waals surface area contributed by atoms with E-state index < -0.39 is 30.5 Å². The van der Waals surface area contributed by atoms with Gasteiger partial charge in [0.2, 0.25) is 11.8 Å². The molecule has 210 valence electrons. The van der Waals surface area contributed by atoms with Gasteiger partial charge in [-0.15, -0.1) is 12.4 Å². The maximum Gasteiger partial charge on any atom is 0.323 e. The van der Waals surface area contributed by atoms with Crippen molar-refractivity contribution < 1.29 is 24.3 Å². The molecule has 0 aromatic rings. The molecular formula is C24H42ClN7O5. The number of nitrogens with zero attached hydrogens (tertiary/aromatic N) is 3. The molecule has 0 bridgehead atoms. The van der Waals surface area contributed by atoms with Crippen LogP contribution in [0.25, 0.3) is 0 Å². The Kier molecular flexibility index (Phi) is 11.7. The highest BCUT2D eigenvalue weighted by atomic mass is 35.5. The van der Waals surface area contributed by atoms with Crippen molar-refractivity contribution >= 4 is 42.2 Å². The normalized spacial score (nSPS) is 20.7. The van der Waals surface area contributed by atoms with Crippen LogP contribution in [-0.2, 0) is 14.4 Å². The van der Waals surface area contributed by atoms with Gasteiger partial charge >= 0.3 is 12.0 Å². The van der Waals surface area contributed by atoms with Crippen LogP contribution in [0.3, 0.4) is 0 Å². The second-order valence-corrected chi connectivity index (χ2v) is 10.3. The zero-order valence-corrected chi connectivity index (χ0v) is 22.4. The summed E-state index contributed by atoms with van der Waals surface area (Å²) in [5.74, 6) is -1.66. The minimum absolute atomic E-state index is 0. The number of urea groups is 1. The monoisotopic (exact) mass is 543 g/mol. The van der Waals surface area contributed by atoms with E-state index in [1.807, 2.05) is 0 Å². The molecule has 0 radical (unpaired) electrons. The Morgan fingerprint density at radius 3 is 2.32 bits per heavy atom. The second kappa shape index (κ2) is 14.3. The number of carboxylic acid groups (broad SMARTS) is 1. The summed E-state index contributed by atoms with van der Waals surface area (Å²) < 4.78 is 0. The zero-order chi connectivity index (χ0) is 26.2. The van der Waals surface area contributed by atoms with Crippen molar-refractivity contribution in [2.45, 2.75) is 82.3 Å². The molecule has 4 amide bonds. The summed E-state index contributed by atoms with van der Waals surface area (Å²) in [5, 5.41) is 22.5. The molecule has 13 heteroatoms. The fourth-order valence-electron chi connectivity index (χ4n) is 5.17.